The van der Waals surface area contributed by atoms with Crippen LogP contribution in [-0.4, -0.2) is 28.4 Å². The summed E-state index contributed by atoms with van der Waals surface area (Å²) in [5, 5.41) is 16.2. The van der Waals surface area contributed by atoms with Crippen molar-refractivity contribution in [3.05, 3.63) is 59.8 Å². The van der Waals surface area contributed by atoms with Crippen molar-refractivity contribution < 1.29 is 24.0 Å². The maximum absolute atomic E-state index is 12.2. The summed E-state index contributed by atoms with van der Waals surface area (Å²) in [4.78, 5) is 23.7. The predicted octanol–water partition coefficient (Wildman–Crippen LogP) is 5.53. The zero-order valence-electron chi connectivity index (χ0n) is 17.8. The number of nitrogens with one attached hydrogen (secondary N) is 1. The molecule has 0 aliphatic heterocycles. The molecule has 32 heavy (non-hydrogen) atoms. The van der Waals surface area contributed by atoms with Gasteiger partial charge in [-0.1, -0.05) is 53.7 Å². The van der Waals surface area contributed by atoms with Crippen molar-refractivity contribution in [3.63, 3.8) is 0 Å². The van der Waals surface area contributed by atoms with Crippen LogP contribution in [0, 0.1) is 6.92 Å². The quantitative estimate of drug-likeness (QED) is 0.531. The number of carbonyl (C=O) groups excluding carboxylic acids is 1. The van der Waals surface area contributed by atoms with E-state index >= 15 is 0 Å². The van der Waals surface area contributed by atoms with Gasteiger partial charge in [0.25, 0.3) is 0 Å². The third-order valence-corrected chi connectivity index (χ3v) is 6.49. The molecule has 2 aromatic carbocycles. The first-order valence-corrected chi connectivity index (χ1v) is 10.8. The van der Waals surface area contributed by atoms with Crippen molar-refractivity contribution in [2.45, 2.75) is 50.5 Å². The van der Waals surface area contributed by atoms with E-state index < -0.39 is 17.5 Å². The average Bonchev–Trinajstić information content (AvgIpc) is 3.51. The molecule has 2 aliphatic carbocycles. The maximum atomic E-state index is 12.2. The van der Waals surface area contributed by atoms with Crippen LogP contribution >= 0.6 is 0 Å². The van der Waals surface area contributed by atoms with Crippen LogP contribution in [0.3, 0.4) is 0 Å². The third-order valence-electron chi connectivity index (χ3n) is 6.49. The Morgan fingerprint density at radius 3 is 2.16 bits per heavy atom. The van der Waals surface area contributed by atoms with Crippen molar-refractivity contribution in [1.29, 1.82) is 0 Å². The molecule has 0 spiro atoms. The second kappa shape index (κ2) is 7.82. The minimum Gasteiger partial charge on any atom is -0.481 e. The zero-order valence-corrected chi connectivity index (χ0v) is 17.8. The average molecular weight is 432 g/mol. The lowest BCUT2D eigenvalue weighted by Gasteiger charge is -2.25. The van der Waals surface area contributed by atoms with Crippen molar-refractivity contribution in [2.75, 3.05) is 5.32 Å². The highest BCUT2D eigenvalue weighted by Gasteiger charge is 2.51. The fourth-order valence-corrected chi connectivity index (χ4v) is 4.03. The van der Waals surface area contributed by atoms with Crippen molar-refractivity contribution >= 4 is 17.7 Å². The van der Waals surface area contributed by atoms with Crippen molar-refractivity contribution in [1.82, 2.24) is 5.16 Å². The molecule has 3 aromatic rings. The lowest BCUT2D eigenvalue weighted by molar-refractivity contribution is -0.140. The Kier molecular flexibility index (Phi) is 4.96. The number of amides is 1. The summed E-state index contributed by atoms with van der Waals surface area (Å²) in [7, 11) is 0. The smallest absolute Gasteiger partial charge is 0.412 e. The fraction of sp³-hybridized carbons (Fsp3) is 0.320. The molecular weight excluding hydrogens is 408 g/mol. The molecule has 2 aliphatic rings. The van der Waals surface area contributed by atoms with Crippen LogP contribution < -0.4 is 5.32 Å². The molecule has 0 saturated heterocycles. The highest BCUT2D eigenvalue weighted by atomic mass is 16.6. The van der Waals surface area contributed by atoms with Crippen LogP contribution in [0.15, 0.2) is 53.1 Å². The summed E-state index contributed by atoms with van der Waals surface area (Å²) in [5.74, 6) is -0.273. The first kappa shape index (κ1) is 20.3. The zero-order chi connectivity index (χ0) is 22.3. The number of carboxylic acids is 1. The van der Waals surface area contributed by atoms with Gasteiger partial charge in [-0.25, -0.2) is 4.79 Å². The van der Waals surface area contributed by atoms with Gasteiger partial charge in [0.1, 0.15) is 17.5 Å². The van der Waals surface area contributed by atoms with Gasteiger partial charge in [0, 0.05) is 5.56 Å². The van der Waals surface area contributed by atoms with E-state index in [1.807, 2.05) is 48.5 Å². The van der Waals surface area contributed by atoms with Crippen LogP contribution in [0.5, 0.6) is 0 Å². The van der Waals surface area contributed by atoms with Crippen molar-refractivity contribution in [3.8, 4) is 22.5 Å². The summed E-state index contributed by atoms with van der Waals surface area (Å²) in [6, 6.07) is 15.5. The number of aliphatic carboxylic acids is 1. The Morgan fingerprint density at radius 1 is 1.03 bits per heavy atom. The number of anilines is 1. The molecule has 7 heteroatoms. The summed E-state index contributed by atoms with van der Waals surface area (Å²) in [6.45, 7) is 1.77. The molecule has 1 aromatic heterocycles. The van der Waals surface area contributed by atoms with Gasteiger partial charge >= 0.3 is 12.1 Å². The van der Waals surface area contributed by atoms with Gasteiger partial charge in [-0.3, -0.25) is 10.1 Å². The standard InChI is InChI=1S/C25H24N2O5/c1-15-21(26-24(30)31-20-3-2-4-20)22(32-27-15)18-7-5-16(6-8-18)17-9-11-19(12-10-17)25(13-14-25)23(28)29/h5-12,20H,2-4,13-14H2,1H3,(H,26,30)(H,28,29). The van der Waals surface area contributed by atoms with Gasteiger partial charge in [0.15, 0.2) is 5.76 Å². The van der Waals surface area contributed by atoms with Gasteiger partial charge in [-0.05, 0) is 55.7 Å². The lowest BCUT2D eigenvalue weighted by Crippen LogP contribution is -2.27. The van der Waals surface area contributed by atoms with E-state index in [-0.39, 0.29) is 6.10 Å². The fourth-order valence-electron chi connectivity index (χ4n) is 4.03. The van der Waals surface area contributed by atoms with Crippen LogP contribution in [0.4, 0.5) is 10.5 Å². The Morgan fingerprint density at radius 2 is 1.62 bits per heavy atom. The second-order valence-corrected chi connectivity index (χ2v) is 8.60. The highest BCUT2D eigenvalue weighted by molar-refractivity contribution is 5.91. The third kappa shape index (κ3) is 3.64. The molecular formula is C25H24N2O5. The van der Waals surface area contributed by atoms with Gasteiger partial charge in [-0.15, -0.1) is 0 Å². The maximum Gasteiger partial charge on any atom is 0.412 e. The van der Waals surface area contributed by atoms with Gasteiger partial charge < -0.3 is 14.4 Å². The van der Waals surface area contributed by atoms with E-state index in [2.05, 4.69) is 10.5 Å². The molecule has 5 rings (SSSR count). The topological polar surface area (TPSA) is 102 Å². The highest BCUT2D eigenvalue weighted by Crippen LogP contribution is 2.48. The number of carboxylic acid groups (broad SMARTS) is 1. The first-order chi connectivity index (χ1) is 15.5. The van der Waals surface area contributed by atoms with Crippen LogP contribution in [0.25, 0.3) is 22.5 Å². The molecule has 0 unspecified atom stereocenters. The molecule has 7 nitrogen and oxygen atoms in total. The Bertz CT molecular complexity index is 1160. The van der Waals surface area contributed by atoms with E-state index in [0.29, 0.717) is 30.0 Å². The molecule has 2 N–H and O–H groups in total. The summed E-state index contributed by atoms with van der Waals surface area (Å²) < 4.78 is 10.9. The number of benzene rings is 2. The Labute approximate surface area is 185 Å². The Hall–Kier alpha value is -3.61. The monoisotopic (exact) mass is 432 g/mol. The normalized spacial score (nSPS) is 16.8. The number of hydrogen-bond donors (Lipinski definition) is 2. The number of aryl methyl sites for hydroxylation is 1. The molecule has 164 valence electrons. The molecule has 1 amide bonds. The van der Waals surface area contributed by atoms with E-state index in [4.69, 9.17) is 9.26 Å². The molecule has 0 radical (unpaired) electrons. The molecule has 0 atom stereocenters. The molecule has 2 fully saturated rings. The van der Waals surface area contributed by atoms with Crippen molar-refractivity contribution in [2.24, 2.45) is 0 Å². The van der Waals surface area contributed by atoms with Gasteiger partial charge in [-0.2, -0.15) is 0 Å². The first-order valence-electron chi connectivity index (χ1n) is 10.8. The number of rotatable bonds is 6. The molecule has 2 saturated carbocycles. The van der Waals surface area contributed by atoms with E-state index in [0.717, 1.165) is 41.5 Å². The van der Waals surface area contributed by atoms with Crippen LogP contribution in [-0.2, 0) is 14.9 Å². The number of hydrogen-bond acceptors (Lipinski definition) is 5. The Balaban J connectivity index is 1.33. The SMILES string of the molecule is Cc1noc(-c2ccc(-c3ccc(C4(C(=O)O)CC4)cc3)cc2)c1NC(=O)OC1CCC1. The largest absolute Gasteiger partial charge is 0.481 e. The number of aromatic nitrogens is 1. The molecule has 1 heterocycles. The minimum absolute atomic E-state index is 0.00502. The summed E-state index contributed by atoms with van der Waals surface area (Å²) >= 11 is 0. The summed E-state index contributed by atoms with van der Waals surface area (Å²) in [5.41, 5.74) is 4.02. The second-order valence-electron chi connectivity index (χ2n) is 8.60. The lowest BCUT2D eigenvalue weighted by atomic mass is 9.93. The minimum atomic E-state index is -0.752. The van der Waals surface area contributed by atoms with Crippen LogP contribution in [0.1, 0.15) is 43.4 Å². The van der Waals surface area contributed by atoms with E-state index in [9.17, 15) is 14.7 Å². The van der Waals surface area contributed by atoms with Gasteiger partial charge in [0.05, 0.1) is 5.41 Å². The number of ether oxygens (including phenoxy) is 1. The van der Waals surface area contributed by atoms with Gasteiger partial charge in [0.2, 0.25) is 0 Å². The van der Waals surface area contributed by atoms with E-state index in [1.165, 1.54) is 0 Å². The summed E-state index contributed by atoms with van der Waals surface area (Å²) in [6.07, 6.45) is 3.79. The predicted molar refractivity (Wildman–Crippen MR) is 118 cm³/mol. The number of nitrogens with zero attached hydrogens (tertiary/aromatic N) is 1. The molecule has 0 bridgehead atoms. The number of carbonyl (C=O) groups is 2. The van der Waals surface area contributed by atoms with E-state index in [1.54, 1.807) is 6.92 Å². The van der Waals surface area contributed by atoms with Crippen LogP contribution in [0.2, 0.25) is 0 Å².